The Bertz CT molecular complexity index is 8110. The van der Waals surface area contributed by atoms with Crippen molar-refractivity contribution in [1.29, 1.82) is 0 Å². The molecule has 2 unspecified atom stereocenters. The number of hydrogen-bond donors (Lipinski definition) is 0. The zero-order chi connectivity index (χ0) is 87.2. The van der Waals surface area contributed by atoms with Crippen molar-refractivity contribution in [2.24, 2.45) is 0 Å². The van der Waals surface area contributed by atoms with Gasteiger partial charge in [-0.05, 0) is 54.6 Å². The maximum atomic E-state index is 4.84. The molecule has 0 fully saturated rings. The van der Waals surface area contributed by atoms with Crippen molar-refractivity contribution in [2.75, 3.05) is 9.80 Å². The van der Waals surface area contributed by atoms with E-state index in [2.05, 4.69) is 365 Å². The van der Waals surface area contributed by atoms with E-state index in [9.17, 15) is 0 Å². The number of nitrogens with zero attached hydrogens (tertiary/aromatic N) is 10. The van der Waals surface area contributed by atoms with Crippen LogP contribution in [-0.4, -0.2) is 131 Å². The van der Waals surface area contributed by atoms with Gasteiger partial charge in [-0.15, -0.1) is 26.2 Å². The van der Waals surface area contributed by atoms with Gasteiger partial charge in [0.2, 0.25) is 0 Å². The van der Waals surface area contributed by atoms with Crippen LogP contribution in [0, 0.1) is 36.4 Å². The first-order valence-corrected chi connectivity index (χ1v) is 65.2. The quantitative estimate of drug-likeness (QED) is 0.109. The van der Waals surface area contributed by atoms with Gasteiger partial charge in [-0.25, -0.2) is 4.98 Å². The zero-order valence-corrected chi connectivity index (χ0v) is 101. The molecule has 10 aromatic heterocycles. The minimum atomic E-state index is -1.77. The van der Waals surface area contributed by atoms with Crippen LogP contribution in [0.15, 0.2) is 328 Å². The van der Waals surface area contributed by atoms with Crippen molar-refractivity contribution in [3.05, 3.63) is 365 Å². The van der Waals surface area contributed by atoms with Gasteiger partial charge in [0.05, 0.1) is 26.8 Å². The Morgan fingerprint density at radius 3 is 1.39 bits per heavy atom. The van der Waals surface area contributed by atoms with E-state index in [1.165, 1.54) is 165 Å². The van der Waals surface area contributed by atoms with Gasteiger partial charge in [-0.2, -0.15) is 72.8 Å². The molecule has 10 nitrogen and oxygen atoms in total. The van der Waals surface area contributed by atoms with Gasteiger partial charge in [0, 0.05) is 155 Å². The molecule has 0 N–H and O–H groups in total. The molecule has 678 valence electrons. The molecule has 8 aliphatic heterocycles. The van der Waals surface area contributed by atoms with Crippen molar-refractivity contribution >= 4 is 305 Å². The van der Waals surface area contributed by atoms with Gasteiger partial charge in [-0.3, -0.25) is 9.97 Å². The van der Waals surface area contributed by atoms with Crippen molar-refractivity contribution in [3.63, 3.8) is 0 Å². The summed E-state index contributed by atoms with van der Waals surface area (Å²) in [5, 5.41) is 30.0. The number of hydrogen-bond acceptors (Lipinski definition) is 8. The van der Waals surface area contributed by atoms with Crippen LogP contribution in [0.5, 0.6) is 0 Å². The first-order chi connectivity index (χ1) is 63.6. The molecular formula is C110H78Ir6N10P2Se4Si4-6. The molecule has 0 spiro atoms. The average molecular weight is 3180 g/mol. The molecule has 6 radical (unpaired) electrons. The van der Waals surface area contributed by atoms with Crippen LogP contribution < -0.4 is 87.0 Å². The van der Waals surface area contributed by atoms with E-state index < -0.39 is 47.4 Å². The minimum absolute atomic E-state index is 0. The number of aromatic nitrogens is 8. The Morgan fingerprint density at radius 1 is 0.265 bits per heavy atom. The number of fused-ring (bicyclic) bond motifs is 28. The molecule has 8 aliphatic rings. The van der Waals surface area contributed by atoms with Crippen LogP contribution >= 0.6 is 15.1 Å². The molecule has 30 rings (SSSR count). The Morgan fingerprint density at radius 2 is 0.669 bits per heavy atom. The summed E-state index contributed by atoms with van der Waals surface area (Å²) in [6.07, 6.45) is 11.5. The Kier molecular flexibility index (Phi) is 27.3. The van der Waals surface area contributed by atoms with E-state index in [4.69, 9.17) is 15.0 Å². The normalized spacial score (nSPS) is 14.5. The number of benzene rings is 12. The molecule has 26 heteroatoms. The van der Waals surface area contributed by atoms with E-state index in [0.29, 0.717) is 59.8 Å². The average Bonchev–Trinajstić information content (AvgIpc) is 1.47. The third-order valence-electron chi connectivity index (χ3n) is 27.0. The summed E-state index contributed by atoms with van der Waals surface area (Å²) in [4.78, 5) is 33.1. The van der Waals surface area contributed by atoms with Gasteiger partial charge in [0.1, 0.15) is 22.0 Å². The summed E-state index contributed by atoms with van der Waals surface area (Å²) in [5.74, 6) is 3.29. The van der Waals surface area contributed by atoms with E-state index in [0.717, 1.165) is 28.6 Å². The van der Waals surface area contributed by atoms with E-state index in [1.807, 2.05) is 85.7 Å². The number of para-hydroxylation sites is 8. The van der Waals surface area contributed by atoms with Gasteiger partial charge in [-0.1, -0.05) is 156 Å². The first-order valence-electron chi connectivity index (χ1n) is 43.7. The number of rotatable bonds is 0. The number of anilines is 6. The van der Waals surface area contributed by atoms with Crippen LogP contribution in [0.1, 0.15) is 0 Å². The molecule has 18 heterocycles. The summed E-state index contributed by atoms with van der Waals surface area (Å²) in [6, 6.07) is 126. The van der Waals surface area contributed by atoms with Gasteiger partial charge in [0.15, 0.2) is 0 Å². The Hall–Kier alpha value is -7.82. The summed E-state index contributed by atoms with van der Waals surface area (Å²) in [7, 11) is -7.86. The van der Waals surface area contributed by atoms with Gasteiger partial charge < -0.3 is 4.90 Å². The fourth-order valence-electron chi connectivity index (χ4n) is 21.0. The predicted molar refractivity (Wildman–Crippen MR) is 562 cm³/mol. The molecule has 0 saturated carbocycles. The monoisotopic (exact) mass is 3190 g/mol. The Balaban J connectivity index is 0.000000104. The second kappa shape index (κ2) is 38.2. The zero-order valence-electron chi connectivity index (χ0n) is 74.2. The number of pyridine rings is 6. The van der Waals surface area contributed by atoms with E-state index in [1.54, 1.807) is 25.8 Å². The second-order valence-corrected chi connectivity index (χ2v) is 66.0. The van der Waals surface area contributed by atoms with Gasteiger partial charge >= 0.3 is 379 Å². The van der Waals surface area contributed by atoms with Crippen LogP contribution in [-0.2, 0) is 121 Å². The molecule has 0 bridgehead atoms. The van der Waals surface area contributed by atoms with E-state index >= 15 is 0 Å². The fraction of sp³-hybridized carbons (Fsp3) is 0.0727. The SMILES string of the molecule is C[Si]1(C)c2ccc[c-]c2-p2c3ncccc3c3cccc1c32.C[Si]1(C)c2ccc[c-]c2N2c3ncccc3[Si](C)(C)c3cccc1c32.C[Si]1(C)c2cccnc2-p2c3[c-]cccc3c3cccc1c32.[Ir].[Ir].[Ir].[Ir].[Ir].[Ir].[c-]1cccc2c1-n1c3ncccc3c3cccc(c31)[Se]2.[c-]1cccc2c1N1c3ncccc3[Se]c3cccc(c31)[Se]2.[c-]1cccc2c3cccc4c3n(c12)-c1ncccc1[Se]4. The summed E-state index contributed by atoms with van der Waals surface area (Å²) in [6.45, 7) is 19.7. The molecule has 0 saturated heterocycles. The van der Waals surface area contributed by atoms with Crippen LogP contribution in [0.3, 0.4) is 0 Å². The third kappa shape index (κ3) is 15.2. The van der Waals surface area contributed by atoms with E-state index in [-0.39, 0.29) is 121 Å². The third-order valence-corrected chi connectivity index (χ3v) is 56.1. The maximum absolute atomic E-state index is 4.84. The van der Waals surface area contributed by atoms with Crippen molar-refractivity contribution in [2.45, 2.75) is 52.4 Å². The fourth-order valence-corrected chi connectivity index (χ4v) is 51.4. The summed E-state index contributed by atoms with van der Waals surface area (Å²) in [5.41, 5.74) is 12.5. The molecule has 0 aliphatic carbocycles. The topological polar surface area (TPSA) is 93.7 Å². The van der Waals surface area contributed by atoms with Crippen molar-refractivity contribution in [3.8, 4) is 22.2 Å². The standard InChI is InChI=1S/C21H21N2Si2.2C19H15NPSi.C17H9N2Se2.2C17H9N2Se.6Ir/c1-24(2)16-10-6-5-9-15(16)23-20-17(24)11-7-12-18(20)25(3,4)19-13-8-14-22-21(19)23;1-22(2)16-10-4-3-9-15(16)21-18-13(7-5-11-17(18)22)14-8-6-12-20-19(14)21;1-22(2)16-10-5-8-14-13-7-3-4-9-15(13)21(18(14)16)19-17(22)11-6-12-20-19;1-2-6-12-11(5-1)19-16-13(20-12)7-3-8-14(16)21-15-9-4-10-18-17(15)19;1-2-8-14-13(7-1)19-16-11(5-3-9-15(16)20-14)12-6-4-10-18-17(12)19;1-2-7-13-11(5-1)12-6-3-8-14-16(12)19(13)17-15(20-14)9-4-10-18-17;;;;;;/h5-8,10-14H,1-4H3;2*3-8,10-12H,1-2H3;1-4,6-10H;2*1-6,8-10H;;;;;;/q6*-1;;;;;;. The molecule has 2 atom stereocenters. The van der Waals surface area contributed by atoms with Crippen LogP contribution in [0.4, 0.5) is 34.4 Å². The first kappa shape index (κ1) is 97.0. The van der Waals surface area contributed by atoms with Crippen LogP contribution in [0.2, 0.25) is 52.4 Å². The van der Waals surface area contributed by atoms with Crippen molar-refractivity contribution < 1.29 is 121 Å². The molecule has 136 heavy (non-hydrogen) atoms. The Labute approximate surface area is 902 Å². The molecule has 12 aromatic carbocycles. The van der Waals surface area contributed by atoms with Crippen LogP contribution in [0.25, 0.3) is 108 Å². The summed E-state index contributed by atoms with van der Waals surface area (Å²) < 4.78 is 15.8. The predicted octanol–water partition coefficient (Wildman–Crippen LogP) is 15.4. The summed E-state index contributed by atoms with van der Waals surface area (Å²) >= 11 is 1.37. The molecular weight excluding hydrogens is 3100 g/mol. The molecule has 22 aromatic rings. The van der Waals surface area contributed by atoms with Gasteiger partial charge in [0.25, 0.3) is 0 Å². The van der Waals surface area contributed by atoms with Crippen molar-refractivity contribution in [1.82, 2.24) is 39.0 Å². The molecule has 0 amide bonds. The second-order valence-electron chi connectivity index (χ2n) is 35.6.